The number of morpholine rings is 1. The fourth-order valence-corrected chi connectivity index (χ4v) is 2.59. The average molecular weight is 329 g/mol. The first-order chi connectivity index (χ1) is 9.11. The van der Waals surface area contributed by atoms with Gasteiger partial charge in [-0.15, -0.1) is 0 Å². The lowest BCUT2D eigenvalue weighted by Crippen LogP contribution is -2.51. The molecule has 0 radical (unpaired) electrons. The predicted octanol–water partition coefficient (Wildman–Crippen LogP) is 1.14. The van der Waals surface area contributed by atoms with Crippen LogP contribution in [0.2, 0.25) is 0 Å². The Bertz CT molecular complexity index is 467. The molecule has 5 nitrogen and oxygen atoms in total. The molecule has 1 atom stereocenters. The number of nitrogens with zero attached hydrogens (tertiary/aromatic N) is 1. The molecule has 1 aromatic carbocycles. The molecule has 19 heavy (non-hydrogen) atoms. The van der Waals surface area contributed by atoms with E-state index >= 15 is 0 Å². The molecule has 0 aliphatic carbocycles. The lowest BCUT2D eigenvalue weighted by Gasteiger charge is -2.33. The van der Waals surface area contributed by atoms with E-state index in [4.69, 9.17) is 15.2 Å². The normalized spacial score (nSPS) is 20.2. The van der Waals surface area contributed by atoms with Crippen molar-refractivity contribution in [2.24, 2.45) is 5.73 Å². The Balaban J connectivity index is 2.18. The summed E-state index contributed by atoms with van der Waals surface area (Å²) in [5.74, 6) is 0.451. The average Bonchev–Trinajstić information content (AvgIpc) is 2.39. The van der Waals surface area contributed by atoms with Crippen LogP contribution in [0.1, 0.15) is 5.56 Å². The number of rotatable bonds is 4. The van der Waals surface area contributed by atoms with E-state index < -0.39 is 0 Å². The van der Waals surface area contributed by atoms with Crippen LogP contribution < -0.4 is 10.5 Å². The van der Waals surface area contributed by atoms with Gasteiger partial charge in [0, 0.05) is 23.1 Å². The Morgan fingerprint density at radius 1 is 1.63 bits per heavy atom. The number of halogens is 1. The summed E-state index contributed by atoms with van der Waals surface area (Å²) in [7, 11) is 1.64. The number of ether oxygens (including phenoxy) is 2. The molecule has 104 valence electrons. The maximum absolute atomic E-state index is 11.4. The Hall–Kier alpha value is -1.11. The zero-order valence-corrected chi connectivity index (χ0v) is 12.4. The highest BCUT2D eigenvalue weighted by Crippen LogP contribution is 2.25. The minimum absolute atomic E-state index is 0.353. The monoisotopic (exact) mass is 328 g/mol. The molecule has 0 spiro atoms. The van der Waals surface area contributed by atoms with Gasteiger partial charge in [-0.2, -0.15) is 0 Å². The molecule has 1 amide bonds. The number of primary amides is 1. The van der Waals surface area contributed by atoms with Crippen LogP contribution >= 0.6 is 15.9 Å². The number of carbonyl (C=O) groups is 1. The molecule has 1 fully saturated rings. The van der Waals surface area contributed by atoms with Gasteiger partial charge in [0.25, 0.3) is 0 Å². The summed E-state index contributed by atoms with van der Waals surface area (Å²) in [6.07, 6.45) is 0. The summed E-state index contributed by atoms with van der Waals surface area (Å²) in [6, 6.07) is 5.44. The van der Waals surface area contributed by atoms with Crippen LogP contribution in [-0.2, 0) is 16.1 Å². The lowest BCUT2D eigenvalue weighted by atomic mass is 10.1. The highest BCUT2D eigenvalue weighted by Gasteiger charge is 2.28. The van der Waals surface area contributed by atoms with Crippen molar-refractivity contribution in [3.05, 3.63) is 28.2 Å². The third kappa shape index (κ3) is 3.46. The van der Waals surface area contributed by atoms with Crippen molar-refractivity contribution < 1.29 is 14.3 Å². The third-order valence-electron chi connectivity index (χ3n) is 3.18. The van der Waals surface area contributed by atoms with Crippen LogP contribution in [0.3, 0.4) is 0 Å². The van der Waals surface area contributed by atoms with Crippen molar-refractivity contribution in [3.63, 3.8) is 0 Å². The minimum Gasteiger partial charge on any atom is -0.496 e. The fourth-order valence-electron chi connectivity index (χ4n) is 2.18. The van der Waals surface area contributed by atoms with E-state index in [1.54, 1.807) is 7.11 Å². The molecule has 0 saturated carbocycles. The van der Waals surface area contributed by atoms with Gasteiger partial charge in [-0.05, 0) is 18.2 Å². The second kappa shape index (κ2) is 6.36. The van der Waals surface area contributed by atoms with Crippen molar-refractivity contribution in [2.45, 2.75) is 12.6 Å². The van der Waals surface area contributed by atoms with Crippen LogP contribution in [-0.4, -0.2) is 43.7 Å². The van der Waals surface area contributed by atoms with Gasteiger partial charge in [0.2, 0.25) is 5.91 Å². The van der Waals surface area contributed by atoms with E-state index in [1.807, 2.05) is 23.1 Å². The smallest absolute Gasteiger partial charge is 0.237 e. The minimum atomic E-state index is -0.377. The molecule has 1 unspecified atom stereocenters. The lowest BCUT2D eigenvalue weighted by molar-refractivity contribution is -0.129. The number of methoxy groups -OCH3 is 1. The highest BCUT2D eigenvalue weighted by atomic mass is 79.9. The first-order valence-electron chi connectivity index (χ1n) is 6.05. The van der Waals surface area contributed by atoms with E-state index in [0.29, 0.717) is 26.3 Å². The summed E-state index contributed by atoms with van der Waals surface area (Å²) in [5, 5.41) is 0. The summed E-state index contributed by atoms with van der Waals surface area (Å²) >= 11 is 3.44. The molecule has 2 N–H and O–H groups in total. The summed E-state index contributed by atoms with van der Waals surface area (Å²) in [6.45, 7) is 2.26. The molecule has 1 heterocycles. The van der Waals surface area contributed by atoms with Gasteiger partial charge in [0.15, 0.2) is 0 Å². The molecule has 1 aliphatic rings. The van der Waals surface area contributed by atoms with Crippen molar-refractivity contribution in [2.75, 3.05) is 26.9 Å². The van der Waals surface area contributed by atoms with Gasteiger partial charge in [-0.25, -0.2) is 0 Å². The van der Waals surface area contributed by atoms with Crippen LogP contribution in [0.5, 0.6) is 5.75 Å². The second-order valence-electron chi connectivity index (χ2n) is 4.42. The summed E-state index contributed by atoms with van der Waals surface area (Å²) in [4.78, 5) is 13.5. The molecular formula is C13H17BrN2O3. The molecule has 2 rings (SSSR count). The van der Waals surface area contributed by atoms with Gasteiger partial charge < -0.3 is 15.2 Å². The first-order valence-corrected chi connectivity index (χ1v) is 6.84. The second-order valence-corrected chi connectivity index (χ2v) is 5.34. The maximum Gasteiger partial charge on any atom is 0.237 e. The summed E-state index contributed by atoms with van der Waals surface area (Å²) < 4.78 is 11.6. The molecule has 0 bridgehead atoms. The van der Waals surface area contributed by atoms with Crippen LogP contribution in [0.15, 0.2) is 22.7 Å². The topological polar surface area (TPSA) is 64.8 Å². The maximum atomic E-state index is 11.4. The molecule has 0 aromatic heterocycles. The number of carbonyl (C=O) groups excluding carboxylic acids is 1. The Labute approximate surface area is 120 Å². The van der Waals surface area contributed by atoms with E-state index in [0.717, 1.165) is 15.8 Å². The van der Waals surface area contributed by atoms with E-state index in [2.05, 4.69) is 15.9 Å². The molecule has 1 aromatic rings. The number of hydrogen-bond donors (Lipinski definition) is 1. The zero-order valence-electron chi connectivity index (χ0n) is 10.8. The number of benzene rings is 1. The molecule has 6 heteroatoms. The van der Waals surface area contributed by atoms with Crippen molar-refractivity contribution >= 4 is 21.8 Å². The van der Waals surface area contributed by atoms with Gasteiger partial charge in [0.05, 0.1) is 20.3 Å². The molecular weight excluding hydrogens is 312 g/mol. The van der Waals surface area contributed by atoms with E-state index in [1.165, 1.54) is 0 Å². The SMILES string of the molecule is COc1ccc(Br)cc1CN1CCOCC1C(N)=O. The highest BCUT2D eigenvalue weighted by molar-refractivity contribution is 9.10. The van der Waals surface area contributed by atoms with Gasteiger partial charge in [-0.1, -0.05) is 15.9 Å². The first kappa shape index (κ1) is 14.3. The zero-order chi connectivity index (χ0) is 13.8. The Morgan fingerprint density at radius 3 is 3.11 bits per heavy atom. The predicted molar refractivity (Wildman–Crippen MR) is 74.9 cm³/mol. The van der Waals surface area contributed by atoms with E-state index in [-0.39, 0.29) is 11.9 Å². The van der Waals surface area contributed by atoms with Gasteiger partial charge in [-0.3, -0.25) is 9.69 Å². The summed E-state index contributed by atoms with van der Waals surface area (Å²) in [5.41, 5.74) is 6.43. The standard InChI is InChI=1S/C13H17BrN2O3/c1-18-12-3-2-10(14)6-9(12)7-16-4-5-19-8-11(16)13(15)17/h2-3,6,11H,4-5,7-8H2,1H3,(H2,15,17). The Morgan fingerprint density at radius 2 is 2.42 bits per heavy atom. The third-order valence-corrected chi connectivity index (χ3v) is 3.68. The van der Waals surface area contributed by atoms with Crippen LogP contribution in [0.4, 0.5) is 0 Å². The fraction of sp³-hybridized carbons (Fsp3) is 0.462. The number of hydrogen-bond acceptors (Lipinski definition) is 4. The number of amides is 1. The number of nitrogens with two attached hydrogens (primary N) is 1. The Kier molecular flexibility index (Phi) is 4.79. The van der Waals surface area contributed by atoms with Crippen molar-refractivity contribution in [1.82, 2.24) is 4.90 Å². The van der Waals surface area contributed by atoms with Crippen molar-refractivity contribution in [1.29, 1.82) is 0 Å². The quantitative estimate of drug-likeness (QED) is 0.900. The van der Waals surface area contributed by atoms with Gasteiger partial charge in [0.1, 0.15) is 11.8 Å². The van der Waals surface area contributed by atoms with Gasteiger partial charge >= 0.3 is 0 Å². The van der Waals surface area contributed by atoms with E-state index in [9.17, 15) is 4.79 Å². The van der Waals surface area contributed by atoms with Crippen LogP contribution in [0, 0.1) is 0 Å². The molecule has 1 saturated heterocycles. The van der Waals surface area contributed by atoms with Crippen LogP contribution in [0.25, 0.3) is 0 Å². The largest absolute Gasteiger partial charge is 0.496 e. The molecule has 1 aliphatic heterocycles. The van der Waals surface area contributed by atoms with Crippen molar-refractivity contribution in [3.8, 4) is 5.75 Å².